The Morgan fingerprint density at radius 2 is 1.71 bits per heavy atom. The molecular weight excluding hydrogens is 492 g/mol. The monoisotopic (exact) mass is 521 g/mol. The summed E-state index contributed by atoms with van der Waals surface area (Å²) in [5.74, 6) is -1.79. The third kappa shape index (κ3) is 6.12. The van der Waals surface area contributed by atoms with E-state index < -0.39 is 27.6 Å². The highest BCUT2D eigenvalue weighted by molar-refractivity contribution is 7.89. The standard InChI is InChI=1S/C25H29F2N3O3S2/c1-6-11-30-23-21(27)12-19(26)13-22(23)34-25(30)28-24(31)18-7-9-20(10-8-18)35(32,33)29(14-16(2)3)15-17(4)5/h6-10,12-13,16-17H,1,11,14-15H2,2-5H3. The first-order valence-electron chi connectivity index (χ1n) is 11.2. The number of rotatable bonds is 9. The molecule has 0 saturated heterocycles. The minimum absolute atomic E-state index is 0.0940. The van der Waals surface area contributed by atoms with Gasteiger partial charge in [0.1, 0.15) is 5.82 Å². The van der Waals surface area contributed by atoms with Crippen LogP contribution in [-0.2, 0) is 16.6 Å². The van der Waals surface area contributed by atoms with Gasteiger partial charge in [0.05, 0.1) is 15.1 Å². The zero-order valence-electron chi connectivity index (χ0n) is 20.2. The molecule has 2 aromatic carbocycles. The van der Waals surface area contributed by atoms with Gasteiger partial charge in [0.15, 0.2) is 10.6 Å². The maximum Gasteiger partial charge on any atom is 0.279 e. The molecule has 0 spiro atoms. The van der Waals surface area contributed by atoms with Gasteiger partial charge in [-0.2, -0.15) is 9.30 Å². The lowest BCUT2D eigenvalue weighted by Crippen LogP contribution is -2.37. The average molecular weight is 522 g/mol. The fraction of sp³-hybridized carbons (Fsp3) is 0.360. The van der Waals surface area contributed by atoms with E-state index in [2.05, 4.69) is 11.6 Å². The van der Waals surface area contributed by atoms with Crippen LogP contribution in [0.15, 0.2) is 58.9 Å². The third-order valence-electron chi connectivity index (χ3n) is 5.08. The highest BCUT2D eigenvalue weighted by atomic mass is 32.2. The van der Waals surface area contributed by atoms with E-state index in [-0.39, 0.29) is 39.2 Å². The van der Waals surface area contributed by atoms with E-state index in [1.165, 1.54) is 45.3 Å². The lowest BCUT2D eigenvalue weighted by molar-refractivity contribution is 0.0997. The lowest BCUT2D eigenvalue weighted by Gasteiger charge is -2.25. The Labute approximate surface area is 208 Å². The van der Waals surface area contributed by atoms with Crippen molar-refractivity contribution in [2.24, 2.45) is 16.8 Å². The van der Waals surface area contributed by atoms with Crippen molar-refractivity contribution in [2.75, 3.05) is 13.1 Å². The van der Waals surface area contributed by atoms with Crippen molar-refractivity contribution in [3.8, 4) is 0 Å². The van der Waals surface area contributed by atoms with Gasteiger partial charge in [0, 0.05) is 31.3 Å². The quantitative estimate of drug-likeness (QED) is 0.363. The van der Waals surface area contributed by atoms with Gasteiger partial charge >= 0.3 is 0 Å². The smallest absolute Gasteiger partial charge is 0.279 e. The molecule has 1 aromatic heterocycles. The minimum atomic E-state index is -3.73. The van der Waals surface area contributed by atoms with Gasteiger partial charge in [0.2, 0.25) is 10.0 Å². The summed E-state index contributed by atoms with van der Waals surface area (Å²) in [5.41, 5.74) is 0.317. The summed E-state index contributed by atoms with van der Waals surface area (Å²) in [5, 5.41) is 0. The minimum Gasteiger partial charge on any atom is -0.310 e. The molecule has 10 heteroatoms. The van der Waals surface area contributed by atoms with Crippen LogP contribution in [0.2, 0.25) is 0 Å². The van der Waals surface area contributed by atoms with Gasteiger partial charge in [-0.3, -0.25) is 4.79 Å². The molecule has 0 aliphatic carbocycles. The maximum atomic E-state index is 14.4. The van der Waals surface area contributed by atoms with Gasteiger partial charge in [-0.05, 0) is 42.2 Å². The van der Waals surface area contributed by atoms with Crippen LogP contribution in [0.3, 0.4) is 0 Å². The summed E-state index contributed by atoms with van der Waals surface area (Å²) in [4.78, 5) is 17.2. The predicted octanol–water partition coefficient (Wildman–Crippen LogP) is 5.21. The maximum absolute atomic E-state index is 14.4. The number of carbonyl (C=O) groups excluding carboxylic acids is 1. The normalized spacial score (nSPS) is 12.9. The van der Waals surface area contributed by atoms with Crippen LogP contribution in [0.5, 0.6) is 0 Å². The number of sulfonamides is 1. The summed E-state index contributed by atoms with van der Waals surface area (Å²) in [6, 6.07) is 7.57. The first-order valence-corrected chi connectivity index (χ1v) is 13.5. The number of fused-ring (bicyclic) bond motifs is 1. The SMILES string of the molecule is C=CCn1c(=NC(=O)c2ccc(S(=O)(=O)N(CC(C)C)CC(C)C)cc2)sc2cc(F)cc(F)c21. The third-order valence-corrected chi connectivity index (χ3v) is 7.95. The second kappa shape index (κ2) is 10.9. The van der Waals surface area contributed by atoms with Crippen LogP contribution in [0.25, 0.3) is 10.2 Å². The Hall–Kier alpha value is -2.69. The Morgan fingerprint density at radius 1 is 1.11 bits per heavy atom. The molecule has 1 amide bonds. The number of benzene rings is 2. The van der Waals surface area contributed by atoms with Gasteiger partial charge in [0.25, 0.3) is 5.91 Å². The van der Waals surface area contributed by atoms with Crippen LogP contribution in [0.4, 0.5) is 8.78 Å². The largest absolute Gasteiger partial charge is 0.310 e. The average Bonchev–Trinajstić information content (AvgIpc) is 3.09. The molecular formula is C25H29F2N3O3S2. The van der Waals surface area contributed by atoms with Gasteiger partial charge in [-0.1, -0.05) is 45.1 Å². The lowest BCUT2D eigenvalue weighted by atomic mass is 10.2. The van der Waals surface area contributed by atoms with Gasteiger partial charge in [-0.15, -0.1) is 6.58 Å². The van der Waals surface area contributed by atoms with Crippen molar-refractivity contribution in [3.63, 3.8) is 0 Å². The molecule has 3 rings (SSSR count). The second-order valence-electron chi connectivity index (χ2n) is 9.07. The van der Waals surface area contributed by atoms with E-state index in [1.54, 1.807) is 0 Å². The Balaban J connectivity index is 1.98. The first-order chi connectivity index (χ1) is 16.4. The van der Waals surface area contributed by atoms with E-state index in [9.17, 15) is 22.0 Å². The zero-order valence-corrected chi connectivity index (χ0v) is 21.8. The molecule has 0 fully saturated rings. The number of hydrogen-bond acceptors (Lipinski definition) is 4. The number of nitrogens with zero attached hydrogens (tertiary/aromatic N) is 3. The molecule has 0 N–H and O–H groups in total. The van der Waals surface area contributed by atoms with Crippen LogP contribution in [0.1, 0.15) is 38.1 Å². The summed E-state index contributed by atoms with van der Waals surface area (Å²) >= 11 is 0.983. The summed E-state index contributed by atoms with van der Waals surface area (Å²) in [6.07, 6.45) is 1.53. The molecule has 0 saturated carbocycles. The predicted molar refractivity (Wildman–Crippen MR) is 135 cm³/mol. The van der Waals surface area contributed by atoms with Crippen molar-refractivity contribution in [2.45, 2.75) is 39.1 Å². The molecule has 1 heterocycles. The molecule has 0 bridgehead atoms. The van der Waals surface area contributed by atoms with E-state index in [4.69, 9.17) is 0 Å². The van der Waals surface area contributed by atoms with Gasteiger partial charge in [-0.25, -0.2) is 17.2 Å². The number of carbonyl (C=O) groups is 1. The van der Waals surface area contributed by atoms with Gasteiger partial charge < -0.3 is 4.57 Å². The number of allylic oxidation sites excluding steroid dienone is 1. The molecule has 0 radical (unpaired) electrons. The second-order valence-corrected chi connectivity index (χ2v) is 12.0. The molecule has 3 aromatic rings. The van der Waals surface area contributed by atoms with Crippen molar-refractivity contribution < 1.29 is 22.0 Å². The molecule has 188 valence electrons. The van der Waals surface area contributed by atoms with Crippen molar-refractivity contribution >= 4 is 37.5 Å². The zero-order chi connectivity index (χ0) is 25.9. The van der Waals surface area contributed by atoms with Crippen molar-refractivity contribution in [3.05, 3.63) is 71.1 Å². The van der Waals surface area contributed by atoms with E-state index in [1.807, 2.05) is 27.7 Å². The molecule has 0 aliphatic rings. The number of thiazole rings is 1. The van der Waals surface area contributed by atoms with Crippen LogP contribution >= 0.6 is 11.3 Å². The first kappa shape index (κ1) is 26.9. The van der Waals surface area contributed by atoms with E-state index in [0.717, 1.165) is 17.4 Å². The Bertz CT molecular complexity index is 1400. The summed E-state index contributed by atoms with van der Waals surface area (Å²) in [7, 11) is -3.73. The highest BCUT2D eigenvalue weighted by Crippen LogP contribution is 2.23. The van der Waals surface area contributed by atoms with E-state index >= 15 is 0 Å². The number of aromatic nitrogens is 1. The molecule has 0 aliphatic heterocycles. The fourth-order valence-corrected chi connectivity index (χ4v) is 6.51. The highest BCUT2D eigenvalue weighted by Gasteiger charge is 2.26. The number of hydrogen-bond donors (Lipinski definition) is 0. The molecule has 35 heavy (non-hydrogen) atoms. The van der Waals surface area contributed by atoms with Crippen molar-refractivity contribution in [1.82, 2.24) is 8.87 Å². The Kier molecular flexibility index (Phi) is 8.40. The fourth-order valence-electron chi connectivity index (χ4n) is 3.67. The van der Waals surface area contributed by atoms with Crippen LogP contribution in [-0.4, -0.2) is 36.3 Å². The number of halogens is 2. The molecule has 0 atom stereocenters. The van der Waals surface area contributed by atoms with E-state index in [0.29, 0.717) is 17.8 Å². The number of amides is 1. The van der Waals surface area contributed by atoms with Crippen LogP contribution < -0.4 is 4.80 Å². The van der Waals surface area contributed by atoms with Crippen LogP contribution in [0, 0.1) is 23.5 Å². The van der Waals surface area contributed by atoms with Crippen molar-refractivity contribution in [1.29, 1.82) is 0 Å². The summed E-state index contributed by atoms with van der Waals surface area (Å²) < 4.78 is 57.7. The molecule has 6 nitrogen and oxygen atoms in total. The molecule has 0 unspecified atom stereocenters. The summed E-state index contributed by atoms with van der Waals surface area (Å²) in [6.45, 7) is 12.4. The Morgan fingerprint density at radius 3 is 2.26 bits per heavy atom. The topological polar surface area (TPSA) is 71.7 Å².